The van der Waals surface area contributed by atoms with E-state index in [0.717, 1.165) is 18.4 Å². The third kappa shape index (κ3) is 3.24. The maximum absolute atomic E-state index is 12.2. The number of aryl methyl sites for hydroxylation is 1. The molecular formula is C15H17ClN4O3. The minimum Gasteiger partial charge on any atom is -0.459 e. The van der Waals surface area contributed by atoms with Crippen molar-refractivity contribution < 1.29 is 9.21 Å². The zero-order valence-electron chi connectivity index (χ0n) is 12.6. The largest absolute Gasteiger partial charge is 0.459 e. The summed E-state index contributed by atoms with van der Waals surface area (Å²) in [5, 5.41) is 9.22. The summed E-state index contributed by atoms with van der Waals surface area (Å²) < 4.78 is 5.20. The molecule has 7 nitrogen and oxygen atoms in total. The third-order valence-electron chi connectivity index (χ3n) is 4.02. The summed E-state index contributed by atoms with van der Waals surface area (Å²) >= 11 is 6.02. The summed E-state index contributed by atoms with van der Waals surface area (Å²) in [6.45, 7) is 3.21. The van der Waals surface area contributed by atoms with Crippen LogP contribution in [0.3, 0.4) is 0 Å². The summed E-state index contributed by atoms with van der Waals surface area (Å²) in [7, 11) is 0. The highest BCUT2D eigenvalue weighted by Gasteiger charge is 2.24. The van der Waals surface area contributed by atoms with E-state index in [1.165, 1.54) is 6.26 Å². The number of aromatic amines is 1. The van der Waals surface area contributed by atoms with Crippen molar-refractivity contribution in [1.82, 2.24) is 15.5 Å². The number of nitrogens with zero attached hydrogens (tertiary/aromatic N) is 2. The van der Waals surface area contributed by atoms with E-state index in [-0.39, 0.29) is 17.0 Å². The van der Waals surface area contributed by atoms with Gasteiger partial charge in [0.1, 0.15) is 5.02 Å². The van der Waals surface area contributed by atoms with Crippen LogP contribution >= 0.6 is 11.6 Å². The highest BCUT2D eigenvalue weighted by atomic mass is 35.5. The Morgan fingerprint density at radius 3 is 2.87 bits per heavy atom. The van der Waals surface area contributed by atoms with Crippen molar-refractivity contribution in [2.45, 2.75) is 25.8 Å². The minimum absolute atomic E-state index is 0.0666. The van der Waals surface area contributed by atoms with Crippen molar-refractivity contribution >= 4 is 23.2 Å². The van der Waals surface area contributed by atoms with Crippen molar-refractivity contribution in [3.8, 4) is 0 Å². The Balaban J connectivity index is 1.60. The molecule has 1 saturated heterocycles. The number of H-pyrrole nitrogens is 1. The highest BCUT2D eigenvalue weighted by Crippen LogP contribution is 2.24. The van der Waals surface area contributed by atoms with Gasteiger partial charge >= 0.3 is 0 Å². The van der Waals surface area contributed by atoms with Crippen LogP contribution in [0.15, 0.2) is 27.7 Å². The summed E-state index contributed by atoms with van der Waals surface area (Å²) in [6, 6.07) is 1.83. The molecule has 23 heavy (non-hydrogen) atoms. The zero-order chi connectivity index (χ0) is 16.4. The molecule has 1 aliphatic rings. The molecule has 0 aliphatic carbocycles. The molecule has 1 fully saturated rings. The number of carbonyl (C=O) groups is 1. The van der Waals surface area contributed by atoms with Crippen molar-refractivity contribution in [2.75, 3.05) is 18.0 Å². The number of amides is 1. The molecule has 122 valence electrons. The second-order valence-electron chi connectivity index (χ2n) is 5.57. The summed E-state index contributed by atoms with van der Waals surface area (Å²) in [5.74, 6) is 0.163. The SMILES string of the molecule is Cc1ccoc1C(=O)NC1CCN(c2cn[nH]c(=O)c2Cl)CC1. The number of halogens is 1. The number of nitrogens with one attached hydrogen (secondary N) is 2. The van der Waals surface area contributed by atoms with Gasteiger partial charge in [-0.15, -0.1) is 0 Å². The van der Waals surface area contributed by atoms with Gasteiger partial charge in [0.25, 0.3) is 11.5 Å². The van der Waals surface area contributed by atoms with E-state index in [1.54, 1.807) is 12.3 Å². The van der Waals surface area contributed by atoms with E-state index in [0.29, 0.717) is 24.5 Å². The zero-order valence-corrected chi connectivity index (χ0v) is 13.4. The van der Waals surface area contributed by atoms with Gasteiger partial charge in [0, 0.05) is 24.7 Å². The number of furan rings is 1. The van der Waals surface area contributed by atoms with Crippen molar-refractivity contribution in [3.05, 3.63) is 45.2 Å². The quantitative estimate of drug-likeness (QED) is 0.890. The van der Waals surface area contributed by atoms with Crippen LogP contribution in [-0.4, -0.2) is 35.2 Å². The first-order valence-corrected chi connectivity index (χ1v) is 7.77. The predicted octanol–water partition coefficient (Wildman–Crippen LogP) is 1.72. The topological polar surface area (TPSA) is 91.2 Å². The molecule has 0 radical (unpaired) electrons. The molecule has 2 N–H and O–H groups in total. The van der Waals surface area contributed by atoms with Gasteiger partial charge in [-0.1, -0.05) is 11.6 Å². The smallest absolute Gasteiger partial charge is 0.287 e. The minimum atomic E-state index is -0.395. The molecule has 0 unspecified atom stereocenters. The molecule has 0 spiro atoms. The van der Waals surface area contributed by atoms with Gasteiger partial charge in [0.05, 0.1) is 18.1 Å². The fourth-order valence-corrected chi connectivity index (χ4v) is 2.93. The first kappa shape index (κ1) is 15.6. The van der Waals surface area contributed by atoms with Gasteiger partial charge in [-0.05, 0) is 25.8 Å². The van der Waals surface area contributed by atoms with Crippen LogP contribution in [0.2, 0.25) is 5.02 Å². The molecule has 1 aliphatic heterocycles. The second kappa shape index (κ2) is 6.45. The van der Waals surface area contributed by atoms with Gasteiger partial charge in [-0.25, -0.2) is 5.10 Å². The van der Waals surface area contributed by atoms with Crippen LogP contribution in [0, 0.1) is 6.92 Å². The molecule has 3 rings (SSSR count). The van der Waals surface area contributed by atoms with Gasteiger partial charge in [0.2, 0.25) is 0 Å². The van der Waals surface area contributed by atoms with Gasteiger partial charge in [-0.2, -0.15) is 5.10 Å². The number of piperidine rings is 1. The van der Waals surface area contributed by atoms with Gasteiger partial charge in [-0.3, -0.25) is 9.59 Å². The van der Waals surface area contributed by atoms with E-state index in [9.17, 15) is 9.59 Å². The van der Waals surface area contributed by atoms with Crippen molar-refractivity contribution in [2.24, 2.45) is 0 Å². The summed E-state index contributed by atoms with van der Waals surface area (Å²) in [4.78, 5) is 25.7. The molecule has 0 atom stereocenters. The first-order chi connectivity index (χ1) is 11.1. The third-order valence-corrected chi connectivity index (χ3v) is 4.38. The number of rotatable bonds is 3. The van der Waals surface area contributed by atoms with E-state index in [1.807, 2.05) is 11.8 Å². The Kier molecular flexibility index (Phi) is 4.38. The maximum Gasteiger partial charge on any atom is 0.287 e. The lowest BCUT2D eigenvalue weighted by Crippen LogP contribution is -2.45. The fraction of sp³-hybridized carbons (Fsp3) is 0.400. The summed E-state index contributed by atoms with van der Waals surface area (Å²) in [5.41, 5.74) is 1.05. The van der Waals surface area contributed by atoms with Crippen LogP contribution in [0.1, 0.15) is 29.0 Å². The van der Waals surface area contributed by atoms with E-state index >= 15 is 0 Å². The lowest BCUT2D eigenvalue weighted by atomic mass is 10.0. The Hall–Kier alpha value is -2.28. The lowest BCUT2D eigenvalue weighted by molar-refractivity contribution is 0.0902. The van der Waals surface area contributed by atoms with E-state index in [2.05, 4.69) is 15.5 Å². The standard InChI is InChI=1S/C15H17ClN4O3/c1-9-4-7-23-13(9)15(22)18-10-2-5-20(6-3-10)11-8-17-19-14(21)12(11)16/h4,7-8,10H,2-3,5-6H2,1H3,(H,18,22)(H,19,21). The number of aromatic nitrogens is 2. The van der Waals surface area contributed by atoms with E-state index < -0.39 is 5.56 Å². The second-order valence-corrected chi connectivity index (χ2v) is 5.94. The Labute approximate surface area is 137 Å². The number of hydrogen-bond donors (Lipinski definition) is 2. The Bertz CT molecular complexity index is 762. The molecule has 8 heteroatoms. The number of carbonyl (C=O) groups excluding carboxylic acids is 1. The monoisotopic (exact) mass is 336 g/mol. The Morgan fingerprint density at radius 2 is 2.22 bits per heavy atom. The molecule has 0 saturated carbocycles. The number of anilines is 1. The highest BCUT2D eigenvalue weighted by molar-refractivity contribution is 6.33. The molecule has 1 amide bonds. The van der Waals surface area contributed by atoms with E-state index in [4.69, 9.17) is 16.0 Å². The first-order valence-electron chi connectivity index (χ1n) is 7.39. The summed E-state index contributed by atoms with van der Waals surface area (Å²) in [6.07, 6.45) is 4.58. The molecule has 0 bridgehead atoms. The fourth-order valence-electron chi connectivity index (χ4n) is 2.72. The van der Waals surface area contributed by atoms with Gasteiger partial charge < -0.3 is 14.6 Å². The van der Waals surface area contributed by atoms with Crippen molar-refractivity contribution in [1.29, 1.82) is 0 Å². The average Bonchev–Trinajstić information content (AvgIpc) is 2.97. The predicted molar refractivity (Wildman–Crippen MR) is 86.0 cm³/mol. The number of hydrogen-bond acceptors (Lipinski definition) is 5. The van der Waals surface area contributed by atoms with Crippen LogP contribution in [0.4, 0.5) is 5.69 Å². The molecular weight excluding hydrogens is 320 g/mol. The molecule has 0 aromatic carbocycles. The maximum atomic E-state index is 12.2. The average molecular weight is 337 g/mol. The normalized spacial score (nSPS) is 15.7. The molecule has 3 heterocycles. The van der Waals surface area contributed by atoms with Crippen LogP contribution in [-0.2, 0) is 0 Å². The van der Waals surface area contributed by atoms with Crippen LogP contribution < -0.4 is 15.8 Å². The van der Waals surface area contributed by atoms with Crippen LogP contribution in [0.5, 0.6) is 0 Å². The Morgan fingerprint density at radius 1 is 1.48 bits per heavy atom. The molecule has 2 aromatic heterocycles. The van der Waals surface area contributed by atoms with Crippen molar-refractivity contribution in [3.63, 3.8) is 0 Å². The van der Waals surface area contributed by atoms with Gasteiger partial charge in [0.15, 0.2) is 5.76 Å². The molecule has 2 aromatic rings. The van der Waals surface area contributed by atoms with Crippen LogP contribution in [0.25, 0.3) is 0 Å². The lowest BCUT2D eigenvalue weighted by Gasteiger charge is -2.33.